The molecule has 4 aliphatic rings. The van der Waals surface area contributed by atoms with Crippen molar-refractivity contribution in [2.24, 2.45) is 11.8 Å². The van der Waals surface area contributed by atoms with E-state index in [1.54, 1.807) is 11.6 Å². The molecule has 4 aliphatic heterocycles. The number of rotatable bonds is 7. The topological polar surface area (TPSA) is 60.6 Å². The Labute approximate surface area is 339 Å². The highest BCUT2D eigenvalue weighted by Crippen LogP contribution is 2.48. The van der Waals surface area contributed by atoms with Gasteiger partial charge in [-0.15, -0.1) is 11.6 Å². The van der Waals surface area contributed by atoms with E-state index in [1.807, 2.05) is 0 Å². The number of hydrogen-bond donors (Lipinski definition) is 1. The number of quaternary nitrogens is 1. The normalized spacial score (nSPS) is 26.3. The van der Waals surface area contributed by atoms with Gasteiger partial charge in [0, 0.05) is 37.1 Å². The number of carbonyl (C=O) groups excluding carboxylic acids is 1. The summed E-state index contributed by atoms with van der Waals surface area (Å²) in [6.45, 7) is 7.75. The number of nitrogens with one attached hydrogen (secondary N) is 1. The zero-order valence-electron chi connectivity index (χ0n) is 30.9. The van der Waals surface area contributed by atoms with Crippen molar-refractivity contribution >= 4 is 40.7 Å². The summed E-state index contributed by atoms with van der Waals surface area (Å²) in [6.07, 6.45) is -5.59. The van der Waals surface area contributed by atoms with E-state index in [2.05, 4.69) is 42.6 Å². The van der Waals surface area contributed by atoms with Crippen molar-refractivity contribution in [2.45, 2.75) is 68.1 Å². The molecule has 4 heterocycles. The summed E-state index contributed by atoms with van der Waals surface area (Å²) in [7, 11) is 0. The number of halogens is 9. The van der Waals surface area contributed by atoms with Crippen LogP contribution in [0.25, 0.3) is 0 Å². The summed E-state index contributed by atoms with van der Waals surface area (Å²) in [4.78, 5) is 11.7. The van der Waals surface area contributed by atoms with Crippen LogP contribution in [0.5, 0.6) is 0 Å². The number of hydrogen-bond acceptors (Lipinski definition) is 1. The quantitative estimate of drug-likeness (QED) is 0.112. The van der Waals surface area contributed by atoms with Gasteiger partial charge in [0.1, 0.15) is 0 Å². The molecule has 302 valence electrons. The van der Waals surface area contributed by atoms with Crippen molar-refractivity contribution in [3.8, 4) is 0 Å². The smallest absolute Gasteiger partial charge is 0.412 e. The van der Waals surface area contributed by atoms with Crippen molar-refractivity contribution in [1.29, 1.82) is 0 Å². The van der Waals surface area contributed by atoms with E-state index in [0.717, 1.165) is 12.1 Å². The van der Waals surface area contributed by atoms with Gasteiger partial charge in [0.05, 0.1) is 52.2 Å². The largest absolute Gasteiger partial charge is 0.416 e. The fraction of sp³-hybridized carbons (Fsp3) is 0.419. The SMILES string of the molecule is CC[N+]12CCC(c3ccccc3)(CC1)CC2.O.O=C1NCC(Cl)(c2ccc(Cl)c(Cl)c2)C(Cc2ccccc2C(F)(F)F)CC1Cc1ccccc1C(F)(F)F. The lowest BCUT2D eigenvalue weighted by atomic mass is 9.66. The van der Waals surface area contributed by atoms with Gasteiger partial charge in [-0.05, 0) is 78.6 Å². The predicted molar refractivity (Wildman–Crippen MR) is 210 cm³/mol. The van der Waals surface area contributed by atoms with Gasteiger partial charge in [-0.3, -0.25) is 4.79 Å². The molecule has 3 atom stereocenters. The highest BCUT2D eigenvalue weighted by atomic mass is 35.5. The molecule has 0 aromatic heterocycles. The number of alkyl halides is 7. The Morgan fingerprint density at radius 1 is 0.714 bits per heavy atom. The number of fused-ring (bicyclic) bond motifs is 3. The third kappa shape index (κ3) is 9.36. The minimum atomic E-state index is -4.64. The molecule has 4 fully saturated rings. The molecule has 4 aromatic carbocycles. The first-order chi connectivity index (χ1) is 26.0. The molecule has 56 heavy (non-hydrogen) atoms. The Balaban J connectivity index is 0.000000292. The number of nitrogens with zero attached hydrogens (tertiary/aromatic N) is 1. The molecule has 8 rings (SSSR count). The van der Waals surface area contributed by atoms with Crippen molar-refractivity contribution in [3.05, 3.63) is 140 Å². The fourth-order valence-electron chi connectivity index (χ4n) is 8.90. The predicted octanol–water partition coefficient (Wildman–Crippen LogP) is 10.8. The zero-order chi connectivity index (χ0) is 39.6. The molecule has 4 nitrogen and oxygen atoms in total. The van der Waals surface area contributed by atoms with E-state index >= 15 is 0 Å². The monoisotopic (exact) mass is 841 g/mol. The van der Waals surface area contributed by atoms with Gasteiger partial charge >= 0.3 is 12.4 Å². The summed E-state index contributed by atoms with van der Waals surface area (Å²) in [5, 5.41) is 3.10. The molecule has 0 aliphatic carbocycles. The lowest BCUT2D eigenvalue weighted by Crippen LogP contribution is -2.62. The zero-order valence-corrected chi connectivity index (χ0v) is 33.2. The Morgan fingerprint density at radius 2 is 1.23 bits per heavy atom. The average Bonchev–Trinajstić information content (AvgIpc) is 3.29. The van der Waals surface area contributed by atoms with Gasteiger partial charge in [-0.1, -0.05) is 96.0 Å². The summed E-state index contributed by atoms with van der Waals surface area (Å²) in [5.41, 5.74) is 0.716. The third-order valence-electron chi connectivity index (χ3n) is 12.3. The Hall–Kier alpha value is -3.28. The molecule has 0 radical (unpaired) electrons. The van der Waals surface area contributed by atoms with Crippen molar-refractivity contribution in [3.63, 3.8) is 0 Å². The maximum absolute atomic E-state index is 13.8. The molecular formula is C43H46Cl3F6N2O2+. The number of benzene rings is 4. The van der Waals surface area contributed by atoms with Crippen LogP contribution >= 0.6 is 34.8 Å². The molecule has 4 aromatic rings. The van der Waals surface area contributed by atoms with Crippen LogP contribution in [0.3, 0.4) is 0 Å². The molecule has 3 unspecified atom stereocenters. The maximum atomic E-state index is 13.8. The molecular weight excluding hydrogens is 797 g/mol. The Bertz CT molecular complexity index is 1950. The fourth-order valence-corrected chi connectivity index (χ4v) is 9.55. The molecule has 4 saturated heterocycles. The van der Waals surface area contributed by atoms with Crippen LogP contribution in [0.4, 0.5) is 26.3 Å². The van der Waals surface area contributed by atoms with Crippen molar-refractivity contribution in [1.82, 2.24) is 5.32 Å². The van der Waals surface area contributed by atoms with E-state index < -0.39 is 46.1 Å². The molecule has 1 amide bonds. The molecule has 0 spiro atoms. The third-order valence-corrected chi connectivity index (χ3v) is 13.7. The highest BCUT2D eigenvalue weighted by molar-refractivity contribution is 6.42. The second kappa shape index (κ2) is 17.3. The first kappa shape index (κ1) is 43.8. The van der Waals surface area contributed by atoms with Crippen LogP contribution in [0.2, 0.25) is 10.0 Å². The first-order valence-electron chi connectivity index (χ1n) is 18.6. The van der Waals surface area contributed by atoms with Gasteiger partial charge in [0.2, 0.25) is 5.91 Å². The Morgan fingerprint density at radius 3 is 1.75 bits per heavy atom. The maximum Gasteiger partial charge on any atom is 0.416 e. The highest BCUT2D eigenvalue weighted by Gasteiger charge is 2.49. The van der Waals surface area contributed by atoms with E-state index in [9.17, 15) is 31.1 Å². The molecule has 2 bridgehead atoms. The van der Waals surface area contributed by atoms with Crippen molar-refractivity contribution in [2.75, 3.05) is 32.7 Å². The lowest BCUT2D eigenvalue weighted by Gasteiger charge is -2.54. The van der Waals surface area contributed by atoms with E-state index in [4.69, 9.17) is 34.8 Å². The minimum Gasteiger partial charge on any atom is -0.412 e. The number of carbonyl (C=O) groups is 1. The summed E-state index contributed by atoms with van der Waals surface area (Å²) >= 11 is 19.5. The summed E-state index contributed by atoms with van der Waals surface area (Å²) in [6, 6.07) is 25.8. The van der Waals surface area contributed by atoms with Gasteiger partial charge in [-0.25, -0.2) is 0 Å². The van der Waals surface area contributed by atoms with E-state index in [0.29, 0.717) is 11.0 Å². The van der Waals surface area contributed by atoms with Crippen LogP contribution in [0.15, 0.2) is 97.1 Å². The van der Waals surface area contributed by atoms with Crippen molar-refractivity contribution < 1.29 is 41.1 Å². The lowest BCUT2D eigenvalue weighted by molar-refractivity contribution is -0.941. The first-order valence-corrected chi connectivity index (χ1v) is 19.7. The molecule has 3 N–H and O–H groups in total. The van der Waals surface area contributed by atoms with Gasteiger partial charge in [0.15, 0.2) is 0 Å². The van der Waals surface area contributed by atoms with Crippen LogP contribution < -0.4 is 5.32 Å². The Kier molecular flexibility index (Phi) is 13.5. The van der Waals surface area contributed by atoms with E-state index in [1.165, 1.54) is 98.5 Å². The molecule has 13 heteroatoms. The minimum absolute atomic E-state index is 0. The summed E-state index contributed by atoms with van der Waals surface area (Å²) < 4.78 is 83.9. The van der Waals surface area contributed by atoms with Crippen LogP contribution in [-0.4, -0.2) is 48.6 Å². The standard InChI is InChI=1S/C28H22Cl3F6NO.C15H22N.H2O/c29-23-10-9-19(14-24(23)30)26(31)15-38-25(39)18(11-16-5-1-3-7-21(16)27(32,33)34)13-20(26)12-17-6-2-4-8-22(17)28(35,36)37;1-2-16-11-8-15(9-12-16,10-13-16)14-6-4-3-5-7-14;/h1-10,14,18,20H,11-13,15H2,(H,38,39);3-7H,2,8-13H2,1H3;1H2/q;+1;. The second-order valence-corrected chi connectivity index (χ2v) is 16.8. The summed E-state index contributed by atoms with van der Waals surface area (Å²) in [5.74, 6) is -2.33. The second-order valence-electron chi connectivity index (χ2n) is 15.3. The van der Waals surface area contributed by atoms with Gasteiger partial charge < -0.3 is 15.3 Å². The van der Waals surface area contributed by atoms with Crippen LogP contribution in [-0.2, 0) is 40.3 Å². The van der Waals surface area contributed by atoms with Crippen LogP contribution in [0.1, 0.15) is 66.0 Å². The van der Waals surface area contributed by atoms with Gasteiger partial charge in [0.25, 0.3) is 0 Å². The number of amides is 1. The number of piperidine rings is 3. The van der Waals surface area contributed by atoms with Crippen LogP contribution in [0, 0.1) is 11.8 Å². The van der Waals surface area contributed by atoms with E-state index in [-0.39, 0.29) is 52.5 Å². The molecule has 0 saturated carbocycles. The average molecular weight is 843 g/mol. The van der Waals surface area contributed by atoms with Gasteiger partial charge in [-0.2, -0.15) is 26.3 Å².